The molecule has 0 radical (unpaired) electrons. The van der Waals surface area contributed by atoms with E-state index in [0.717, 1.165) is 36.5 Å². The minimum absolute atomic E-state index is 0.689. The first kappa shape index (κ1) is 15.3. The maximum absolute atomic E-state index is 5.49. The minimum atomic E-state index is 0.689. The van der Waals surface area contributed by atoms with Crippen molar-refractivity contribution in [2.75, 3.05) is 18.5 Å². The van der Waals surface area contributed by atoms with Gasteiger partial charge in [-0.2, -0.15) is 0 Å². The summed E-state index contributed by atoms with van der Waals surface area (Å²) < 4.78 is 7.77. The normalized spacial score (nSPS) is 14.0. The Balaban J connectivity index is 1.78. The molecule has 0 aliphatic carbocycles. The van der Waals surface area contributed by atoms with Crippen LogP contribution < -0.4 is 10.1 Å². The molecule has 1 heterocycles. The highest BCUT2D eigenvalue weighted by molar-refractivity contribution is 5.93. The summed E-state index contributed by atoms with van der Waals surface area (Å²) in [6.45, 7) is 7.97. The molecule has 0 amide bonds. The predicted octanol–water partition coefficient (Wildman–Crippen LogP) is 4.37. The lowest BCUT2D eigenvalue weighted by molar-refractivity contribution is -0.421. The molecule has 0 bridgehead atoms. The van der Waals surface area contributed by atoms with Crippen LogP contribution in [-0.2, 0) is 0 Å². The lowest BCUT2D eigenvalue weighted by atomic mass is 10.2. The SMILES string of the molecule is C=C(c1ccccc1)[N+]1=C(Nc2ccc(OCC)cc2)CCC1. The maximum atomic E-state index is 5.49. The van der Waals surface area contributed by atoms with Crippen LogP contribution in [0.25, 0.3) is 5.70 Å². The number of nitrogens with one attached hydrogen (secondary N) is 1. The lowest BCUT2D eigenvalue weighted by Crippen LogP contribution is -2.20. The highest BCUT2D eigenvalue weighted by Crippen LogP contribution is 2.21. The van der Waals surface area contributed by atoms with Crippen LogP contribution in [0, 0.1) is 0 Å². The summed E-state index contributed by atoms with van der Waals surface area (Å²) in [6.07, 6.45) is 2.18. The fourth-order valence-corrected chi connectivity index (χ4v) is 2.86. The van der Waals surface area contributed by atoms with Gasteiger partial charge >= 0.3 is 0 Å². The summed E-state index contributed by atoms with van der Waals surface area (Å²) in [7, 11) is 0. The molecule has 3 rings (SSSR count). The van der Waals surface area contributed by atoms with E-state index in [0.29, 0.717) is 6.61 Å². The smallest absolute Gasteiger partial charge is 0.255 e. The lowest BCUT2D eigenvalue weighted by Gasteiger charge is -2.09. The predicted molar refractivity (Wildman–Crippen MR) is 96.1 cm³/mol. The van der Waals surface area contributed by atoms with Gasteiger partial charge in [0.2, 0.25) is 0 Å². The molecule has 0 fully saturated rings. The van der Waals surface area contributed by atoms with Gasteiger partial charge in [-0.25, -0.2) is 9.89 Å². The summed E-state index contributed by atoms with van der Waals surface area (Å²) in [5.74, 6) is 2.11. The molecular weight excluding hydrogens is 284 g/mol. The van der Waals surface area contributed by atoms with E-state index in [1.807, 2.05) is 25.1 Å². The Morgan fingerprint density at radius 2 is 1.87 bits per heavy atom. The van der Waals surface area contributed by atoms with E-state index in [9.17, 15) is 0 Å². The molecule has 118 valence electrons. The molecule has 1 aliphatic rings. The van der Waals surface area contributed by atoms with Crippen LogP contribution >= 0.6 is 0 Å². The van der Waals surface area contributed by atoms with Crippen molar-refractivity contribution in [1.82, 2.24) is 0 Å². The second-order valence-corrected chi connectivity index (χ2v) is 5.60. The zero-order valence-corrected chi connectivity index (χ0v) is 13.6. The molecule has 2 aromatic carbocycles. The first-order valence-corrected chi connectivity index (χ1v) is 8.15. The number of ether oxygens (including phenoxy) is 1. The highest BCUT2D eigenvalue weighted by atomic mass is 16.5. The number of anilines is 1. The van der Waals surface area contributed by atoms with Crippen molar-refractivity contribution < 1.29 is 9.31 Å². The van der Waals surface area contributed by atoms with Crippen molar-refractivity contribution in [3.8, 4) is 5.75 Å². The number of hydrogen-bond acceptors (Lipinski definition) is 2. The Morgan fingerprint density at radius 3 is 2.57 bits per heavy atom. The Morgan fingerprint density at radius 1 is 1.13 bits per heavy atom. The van der Waals surface area contributed by atoms with E-state index in [2.05, 4.69) is 52.9 Å². The van der Waals surface area contributed by atoms with Gasteiger partial charge in [0.25, 0.3) is 5.84 Å². The zero-order valence-electron chi connectivity index (χ0n) is 13.6. The Labute approximate surface area is 137 Å². The van der Waals surface area contributed by atoms with E-state index in [1.165, 1.54) is 11.4 Å². The third-order valence-corrected chi connectivity index (χ3v) is 4.01. The van der Waals surface area contributed by atoms with E-state index >= 15 is 0 Å². The van der Waals surface area contributed by atoms with Crippen molar-refractivity contribution in [2.45, 2.75) is 19.8 Å². The van der Waals surface area contributed by atoms with Crippen LogP contribution in [0.4, 0.5) is 5.69 Å². The fraction of sp³-hybridized carbons (Fsp3) is 0.250. The van der Waals surface area contributed by atoms with E-state index < -0.39 is 0 Å². The van der Waals surface area contributed by atoms with Crippen LogP contribution in [0.5, 0.6) is 5.75 Å². The highest BCUT2D eigenvalue weighted by Gasteiger charge is 2.24. The van der Waals surface area contributed by atoms with Gasteiger partial charge in [-0.15, -0.1) is 0 Å². The van der Waals surface area contributed by atoms with Crippen LogP contribution in [0.15, 0.2) is 61.2 Å². The van der Waals surface area contributed by atoms with Gasteiger partial charge in [-0.1, -0.05) is 36.9 Å². The molecular formula is C20H23N2O+. The first-order chi connectivity index (χ1) is 11.3. The van der Waals surface area contributed by atoms with Gasteiger partial charge in [0.05, 0.1) is 19.6 Å². The Kier molecular flexibility index (Phi) is 4.77. The standard InChI is InChI=1S/C20H22N2O/c1-3-23-19-13-11-18(12-14-19)21-20-10-7-15-22(20)16(2)17-8-5-4-6-9-17/h4-6,8-9,11-14H,2-3,7,10,15H2,1H3/p+1. The molecule has 0 saturated carbocycles. The third kappa shape index (κ3) is 3.62. The van der Waals surface area contributed by atoms with Gasteiger partial charge in [-0.3, -0.25) is 0 Å². The molecule has 1 aliphatic heterocycles. The molecule has 0 atom stereocenters. The van der Waals surface area contributed by atoms with Crippen LogP contribution in [0.3, 0.4) is 0 Å². The summed E-state index contributed by atoms with van der Waals surface area (Å²) in [4.78, 5) is 0. The van der Waals surface area contributed by atoms with Crippen molar-refractivity contribution in [3.05, 3.63) is 66.7 Å². The third-order valence-electron chi connectivity index (χ3n) is 4.01. The maximum Gasteiger partial charge on any atom is 0.255 e. The molecule has 0 saturated heterocycles. The average Bonchev–Trinajstić information content (AvgIpc) is 3.05. The fourth-order valence-electron chi connectivity index (χ4n) is 2.86. The molecule has 0 spiro atoms. The first-order valence-electron chi connectivity index (χ1n) is 8.15. The largest absolute Gasteiger partial charge is 0.494 e. The minimum Gasteiger partial charge on any atom is -0.494 e. The second kappa shape index (κ2) is 7.14. The summed E-state index contributed by atoms with van der Waals surface area (Å²) in [6, 6.07) is 18.5. The van der Waals surface area contributed by atoms with Crippen molar-refractivity contribution >= 4 is 17.2 Å². The molecule has 3 nitrogen and oxygen atoms in total. The number of rotatable bonds is 5. The molecule has 2 aromatic rings. The topological polar surface area (TPSA) is 24.3 Å². The number of hydrogen-bond donors (Lipinski definition) is 1. The Bertz CT molecular complexity index is 702. The number of nitrogens with zero attached hydrogens (tertiary/aromatic N) is 1. The summed E-state index contributed by atoms with van der Waals surface area (Å²) in [5.41, 5.74) is 3.30. The van der Waals surface area contributed by atoms with Crippen molar-refractivity contribution in [3.63, 3.8) is 0 Å². The molecule has 0 unspecified atom stereocenters. The van der Waals surface area contributed by atoms with Crippen LogP contribution in [-0.4, -0.2) is 23.6 Å². The van der Waals surface area contributed by atoms with Gasteiger partial charge in [0, 0.05) is 5.56 Å². The summed E-state index contributed by atoms with van der Waals surface area (Å²) >= 11 is 0. The molecule has 0 aromatic heterocycles. The van der Waals surface area contributed by atoms with E-state index in [4.69, 9.17) is 4.74 Å². The monoisotopic (exact) mass is 307 g/mol. The van der Waals surface area contributed by atoms with Gasteiger partial charge < -0.3 is 4.74 Å². The zero-order chi connectivity index (χ0) is 16.1. The quantitative estimate of drug-likeness (QED) is 0.829. The number of amidine groups is 1. The van der Waals surface area contributed by atoms with E-state index in [-0.39, 0.29) is 0 Å². The molecule has 1 N–H and O–H groups in total. The average molecular weight is 307 g/mol. The van der Waals surface area contributed by atoms with Crippen LogP contribution in [0.1, 0.15) is 25.3 Å². The van der Waals surface area contributed by atoms with E-state index in [1.54, 1.807) is 0 Å². The summed E-state index contributed by atoms with van der Waals surface area (Å²) in [5, 5.41) is 3.54. The van der Waals surface area contributed by atoms with Crippen LogP contribution in [0.2, 0.25) is 0 Å². The second-order valence-electron chi connectivity index (χ2n) is 5.60. The van der Waals surface area contributed by atoms with Crippen molar-refractivity contribution in [2.24, 2.45) is 0 Å². The van der Waals surface area contributed by atoms with Gasteiger partial charge in [-0.05, 0) is 37.6 Å². The number of benzene rings is 2. The van der Waals surface area contributed by atoms with Gasteiger partial charge in [0.15, 0.2) is 0 Å². The van der Waals surface area contributed by atoms with Gasteiger partial charge in [0.1, 0.15) is 17.1 Å². The molecule has 23 heavy (non-hydrogen) atoms. The molecule has 3 heteroatoms. The van der Waals surface area contributed by atoms with Crippen molar-refractivity contribution in [1.29, 1.82) is 0 Å². The Hall–Kier alpha value is -2.55.